The predicted molar refractivity (Wildman–Crippen MR) is 48.7 cm³/mol. The van der Waals surface area contributed by atoms with Crippen LogP contribution in [0.4, 0.5) is 5.69 Å². The van der Waals surface area contributed by atoms with Crippen molar-refractivity contribution >= 4 is 17.3 Å². The predicted octanol–water partition coefficient (Wildman–Crippen LogP) is 2.30. The number of benzene rings is 1. The lowest BCUT2D eigenvalue weighted by atomic mass is 10.1. The fourth-order valence-electron chi connectivity index (χ4n) is 1.06. The van der Waals surface area contributed by atoms with Crippen molar-refractivity contribution in [3.05, 3.63) is 38.9 Å². The van der Waals surface area contributed by atoms with Crippen LogP contribution in [-0.4, -0.2) is 10.0 Å². The van der Waals surface area contributed by atoms with Crippen molar-refractivity contribution in [1.82, 2.24) is 0 Å². The van der Waals surface area contributed by atoms with Gasteiger partial charge in [0, 0.05) is 0 Å². The maximum atomic E-state index is 10.6. The normalized spacial score (nSPS) is 12.5. The molecule has 5 heteroatoms. The van der Waals surface area contributed by atoms with Crippen molar-refractivity contribution in [3.63, 3.8) is 0 Å². The highest BCUT2D eigenvalue weighted by Crippen LogP contribution is 2.31. The topological polar surface area (TPSA) is 63.4 Å². The first-order valence-corrected chi connectivity index (χ1v) is 4.02. The number of hydrogen-bond acceptors (Lipinski definition) is 3. The highest BCUT2D eigenvalue weighted by atomic mass is 35.5. The van der Waals surface area contributed by atoms with E-state index in [9.17, 15) is 15.2 Å². The van der Waals surface area contributed by atoms with Crippen LogP contribution in [0.5, 0.6) is 0 Å². The van der Waals surface area contributed by atoms with Crippen LogP contribution in [0.15, 0.2) is 18.2 Å². The minimum absolute atomic E-state index is 0.0448. The second kappa shape index (κ2) is 3.72. The van der Waals surface area contributed by atoms with E-state index < -0.39 is 11.0 Å². The number of nitro benzene ring substituents is 1. The smallest absolute Gasteiger partial charge is 0.293 e. The largest absolute Gasteiger partial charge is 0.388 e. The molecule has 0 radical (unpaired) electrons. The molecule has 0 bridgehead atoms. The van der Waals surface area contributed by atoms with E-state index >= 15 is 0 Å². The Labute approximate surface area is 79.9 Å². The van der Waals surface area contributed by atoms with Crippen LogP contribution < -0.4 is 0 Å². The second-order valence-corrected chi connectivity index (χ2v) is 3.02. The lowest BCUT2D eigenvalue weighted by Gasteiger charge is -2.05. The molecule has 1 aromatic rings. The molecule has 0 aliphatic carbocycles. The molecule has 0 saturated carbocycles. The van der Waals surface area contributed by atoms with Gasteiger partial charge in [-0.25, -0.2) is 0 Å². The summed E-state index contributed by atoms with van der Waals surface area (Å²) < 4.78 is 0. The molecule has 1 aromatic carbocycles. The molecule has 70 valence electrons. The van der Waals surface area contributed by atoms with E-state index in [1.165, 1.54) is 19.1 Å². The van der Waals surface area contributed by atoms with Crippen molar-refractivity contribution in [2.24, 2.45) is 0 Å². The minimum Gasteiger partial charge on any atom is -0.388 e. The lowest BCUT2D eigenvalue weighted by Crippen LogP contribution is -1.99. The summed E-state index contributed by atoms with van der Waals surface area (Å²) in [6.45, 7) is 1.46. The van der Waals surface area contributed by atoms with Crippen molar-refractivity contribution in [1.29, 1.82) is 0 Å². The Kier molecular flexibility index (Phi) is 2.85. The van der Waals surface area contributed by atoms with E-state index in [-0.39, 0.29) is 16.3 Å². The fourth-order valence-corrected chi connectivity index (χ4v) is 1.31. The average Bonchev–Trinajstić information content (AvgIpc) is 2.02. The summed E-state index contributed by atoms with van der Waals surface area (Å²) in [7, 11) is 0. The molecule has 0 amide bonds. The number of nitro groups is 1. The summed E-state index contributed by atoms with van der Waals surface area (Å²) in [6, 6.07) is 4.47. The number of halogens is 1. The molecule has 0 saturated heterocycles. The van der Waals surface area contributed by atoms with Crippen molar-refractivity contribution < 1.29 is 10.0 Å². The standard InChI is InChI=1S/C8H8ClNO3/c1-5(11)6-3-2-4-7(9)8(6)10(12)13/h2-5,11H,1H3. The van der Waals surface area contributed by atoms with Crippen LogP contribution in [0.3, 0.4) is 0 Å². The highest BCUT2D eigenvalue weighted by molar-refractivity contribution is 6.32. The maximum absolute atomic E-state index is 10.6. The van der Waals surface area contributed by atoms with Gasteiger partial charge < -0.3 is 5.11 Å². The van der Waals surface area contributed by atoms with Gasteiger partial charge in [-0.3, -0.25) is 10.1 Å². The summed E-state index contributed by atoms with van der Waals surface area (Å²) in [5.41, 5.74) is 0.0108. The number of aliphatic hydroxyl groups excluding tert-OH is 1. The van der Waals surface area contributed by atoms with Crippen molar-refractivity contribution in [3.8, 4) is 0 Å². The van der Waals surface area contributed by atoms with Gasteiger partial charge in [0.15, 0.2) is 0 Å². The first-order chi connectivity index (χ1) is 6.04. The molecular formula is C8H8ClNO3. The molecular weight excluding hydrogens is 194 g/mol. The third-order valence-corrected chi connectivity index (χ3v) is 1.96. The van der Waals surface area contributed by atoms with E-state index in [0.717, 1.165) is 0 Å². The Hall–Kier alpha value is -1.13. The highest BCUT2D eigenvalue weighted by Gasteiger charge is 2.20. The van der Waals surface area contributed by atoms with Gasteiger partial charge in [0.25, 0.3) is 5.69 Å². The molecule has 0 aliphatic rings. The number of rotatable bonds is 2. The van der Waals surface area contributed by atoms with Crippen LogP contribution >= 0.6 is 11.6 Å². The van der Waals surface area contributed by atoms with Gasteiger partial charge in [-0.2, -0.15) is 0 Å². The molecule has 1 atom stereocenters. The fraction of sp³-hybridized carbons (Fsp3) is 0.250. The van der Waals surface area contributed by atoms with Crippen LogP contribution in [-0.2, 0) is 0 Å². The third kappa shape index (κ3) is 1.96. The second-order valence-electron chi connectivity index (χ2n) is 2.61. The molecule has 1 unspecified atom stereocenters. The Bertz CT molecular complexity index is 338. The summed E-state index contributed by atoms with van der Waals surface area (Å²) in [4.78, 5) is 9.96. The zero-order valence-electron chi connectivity index (χ0n) is 6.90. The summed E-state index contributed by atoms with van der Waals surface area (Å²) >= 11 is 5.62. The molecule has 1 rings (SSSR count). The summed E-state index contributed by atoms with van der Waals surface area (Å²) in [6.07, 6.45) is -0.890. The minimum atomic E-state index is -0.890. The molecule has 0 aliphatic heterocycles. The first kappa shape index (κ1) is 9.95. The van der Waals surface area contributed by atoms with Crippen molar-refractivity contribution in [2.45, 2.75) is 13.0 Å². The maximum Gasteiger partial charge on any atom is 0.293 e. The van der Waals surface area contributed by atoms with Gasteiger partial charge in [-0.05, 0) is 19.1 Å². The van der Waals surface area contributed by atoms with E-state index in [1.807, 2.05) is 0 Å². The van der Waals surface area contributed by atoms with E-state index in [0.29, 0.717) is 0 Å². The van der Waals surface area contributed by atoms with E-state index in [4.69, 9.17) is 11.6 Å². The number of hydrogen-bond donors (Lipinski definition) is 1. The quantitative estimate of drug-likeness (QED) is 0.590. The van der Waals surface area contributed by atoms with Gasteiger partial charge in [0.2, 0.25) is 0 Å². The third-order valence-electron chi connectivity index (χ3n) is 1.65. The molecule has 0 aromatic heterocycles. The van der Waals surface area contributed by atoms with Gasteiger partial charge in [0.05, 0.1) is 16.6 Å². The molecule has 13 heavy (non-hydrogen) atoms. The Balaban J connectivity index is 3.34. The monoisotopic (exact) mass is 201 g/mol. The van der Waals surface area contributed by atoms with Gasteiger partial charge in [-0.1, -0.05) is 17.7 Å². The Morgan fingerprint density at radius 3 is 2.62 bits per heavy atom. The number of para-hydroxylation sites is 1. The molecule has 4 nitrogen and oxygen atoms in total. The molecule has 1 N–H and O–H groups in total. The van der Waals surface area contributed by atoms with Crippen LogP contribution in [0.1, 0.15) is 18.6 Å². The molecule has 0 fully saturated rings. The number of aliphatic hydroxyl groups is 1. The molecule has 0 heterocycles. The van der Waals surface area contributed by atoms with Gasteiger partial charge in [0.1, 0.15) is 5.02 Å². The zero-order chi connectivity index (χ0) is 10.0. The molecule has 0 spiro atoms. The van der Waals surface area contributed by atoms with E-state index in [1.54, 1.807) is 6.07 Å². The van der Waals surface area contributed by atoms with Crippen LogP contribution in [0.2, 0.25) is 5.02 Å². The van der Waals surface area contributed by atoms with Gasteiger partial charge >= 0.3 is 0 Å². The van der Waals surface area contributed by atoms with Crippen LogP contribution in [0, 0.1) is 10.1 Å². The number of nitrogens with zero attached hydrogens (tertiary/aromatic N) is 1. The first-order valence-electron chi connectivity index (χ1n) is 3.65. The Morgan fingerprint density at radius 1 is 1.62 bits per heavy atom. The lowest BCUT2D eigenvalue weighted by molar-refractivity contribution is -0.386. The Morgan fingerprint density at radius 2 is 2.23 bits per heavy atom. The van der Waals surface area contributed by atoms with E-state index in [2.05, 4.69) is 0 Å². The SMILES string of the molecule is CC(O)c1cccc(Cl)c1[N+](=O)[O-]. The average molecular weight is 202 g/mol. The van der Waals surface area contributed by atoms with Crippen LogP contribution in [0.25, 0.3) is 0 Å². The van der Waals surface area contributed by atoms with Crippen molar-refractivity contribution in [2.75, 3.05) is 0 Å². The van der Waals surface area contributed by atoms with Gasteiger partial charge in [-0.15, -0.1) is 0 Å². The summed E-state index contributed by atoms with van der Waals surface area (Å²) in [5.74, 6) is 0. The zero-order valence-corrected chi connectivity index (χ0v) is 7.65. The summed E-state index contributed by atoms with van der Waals surface area (Å²) in [5, 5.41) is 19.8.